The van der Waals surface area contributed by atoms with Crippen LogP contribution in [0.2, 0.25) is 5.02 Å². The number of aromatic amines is 1. The summed E-state index contributed by atoms with van der Waals surface area (Å²) in [6.45, 7) is 1.41. The molecule has 1 aromatic heterocycles. The second-order valence-electron chi connectivity index (χ2n) is 8.32. The van der Waals surface area contributed by atoms with E-state index in [1.54, 1.807) is 18.3 Å². The summed E-state index contributed by atoms with van der Waals surface area (Å²) >= 11 is 6.15. The molecule has 0 spiro atoms. The van der Waals surface area contributed by atoms with E-state index >= 15 is 0 Å². The van der Waals surface area contributed by atoms with Crippen LogP contribution in [0.25, 0.3) is 0 Å². The van der Waals surface area contributed by atoms with Gasteiger partial charge in [0.1, 0.15) is 5.82 Å². The zero-order valence-corrected chi connectivity index (χ0v) is 20.0. The Morgan fingerprint density at radius 2 is 1.91 bits per heavy atom. The fraction of sp³-hybridized carbons (Fsp3) is 0.348. The number of aromatic nitrogens is 2. The molecule has 1 aliphatic heterocycles. The van der Waals surface area contributed by atoms with Crippen molar-refractivity contribution in [3.05, 3.63) is 82.4 Å². The summed E-state index contributed by atoms with van der Waals surface area (Å²) in [6, 6.07) is 14.0. The molecule has 1 atom stereocenters. The maximum Gasteiger partial charge on any atom is 0.511 e. The Morgan fingerprint density at radius 3 is 2.56 bits per heavy atom. The highest BCUT2D eigenvalue weighted by Gasteiger charge is 2.51. The molecule has 3 aromatic rings. The lowest BCUT2D eigenvalue weighted by molar-refractivity contribution is -0.0492. The van der Waals surface area contributed by atoms with E-state index in [-0.39, 0.29) is 6.54 Å². The van der Waals surface area contributed by atoms with E-state index in [2.05, 4.69) is 9.97 Å². The van der Waals surface area contributed by atoms with E-state index in [1.165, 1.54) is 6.07 Å². The lowest BCUT2D eigenvalue weighted by Crippen LogP contribution is -2.47. The van der Waals surface area contributed by atoms with Gasteiger partial charge in [-0.25, -0.2) is 13.4 Å². The van der Waals surface area contributed by atoms with E-state index in [4.69, 9.17) is 11.6 Å². The molecular formula is C23H24ClF3N4O2S. The van der Waals surface area contributed by atoms with Gasteiger partial charge >= 0.3 is 15.5 Å². The molecular weight excluding hydrogens is 489 g/mol. The van der Waals surface area contributed by atoms with Crippen LogP contribution in [-0.4, -0.2) is 40.8 Å². The molecule has 2 aromatic carbocycles. The van der Waals surface area contributed by atoms with Crippen molar-refractivity contribution in [2.45, 2.75) is 44.4 Å². The third-order valence-electron chi connectivity index (χ3n) is 5.89. The topological polar surface area (TPSA) is 69.3 Å². The highest BCUT2D eigenvalue weighted by Crippen LogP contribution is 2.36. The quantitative estimate of drug-likeness (QED) is 0.502. The maximum absolute atomic E-state index is 13.5. The van der Waals surface area contributed by atoms with Crippen LogP contribution < -0.4 is 4.90 Å². The minimum atomic E-state index is -5.54. The molecule has 4 rings (SSSR count). The molecule has 0 bridgehead atoms. The first-order valence-corrected chi connectivity index (χ1v) is 12.5. The summed E-state index contributed by atoms with van der Waals surface area (Å²) in [4.78, 5) is 9.33. The number of nitrogens with zero attached hydrogens (tertiary/aromatic N) is 3. The number of alkyl halides is 3. The van der Waals surface area contributed by atoms with Gasteiger partial charge in [0.05, 0.1) is 18.4 Å². The van der Waals surface area contributed by atoms with E-state index < -0.39 is 28.1 Å². The van der Waals surface area contributed by atoms with Crippen molar-refractivity contribution in [2.24, 2.45) is 0 Å². The van der Waals surface area contributed by atoms with Crippen LogP contribution in [0.1, 0.15) is 29.1 Å². The molecule has 34 heavy (non-hydrogen) atoms. The minimum absolute atomic E-state index is 0.311. The molecule has 11 heteroatoms. The Morgan fingerprint density at radius 1 is 1.18 bits per heavy atom. The number of halogens is 4. The number of aryl methyl sites for hydroxylation is 2. The van der Waals surface area contributed by atoms with Crippen LogP contribution >= 0.6 is 11.6 Å². The highest BCUT2D eigenvalue weighted by molar-refractivity contribution is 7.89. The summed E-state index contributed by atoms with van der Waals surface area (Å²) in [5, 5.41) is 0.322. The van der Waals surface area contributed by atoms with Gasteiger partial charge in [-0.15, -0.1) is 0 Å². The standard InChI is InChI=1S/C23H24ClF3N4O2S/c1-16-28-12-20(29-16)14-31-21(9-7-17-5-3-2-4-6-17)15-30(34(32,33)23(25,26)27)13-18-11-19(24)8-10-22(18)31/h2-6,8,10-12,21H,7,9,13-15H2,1H3,(H,28,29). The number of imidazole rings is 1. The molecule has 0 amide bonds. The van der Waals surface area contributed by atoms with Crippen molar-refractivity contribution >= 4 is 27.3 Å². The number of nitrogens with one attached hydrogen (secondary N) is 1. The van der Waals surface area contributed by atoms with Crippen LogP contribution in [0.3, 0.4) is 0 Å². The third-order valence-corrected chi connectivity index (χ3v) is 7.67. The average Bonchev–Trinajstić information content (AvgIpc) is 3.12. The third kappa shape index (κ3) is 5.24. The van der Waals surface area contributed by atoms with Gasteiger partial charge in [0, 0.05) is 29.8 Å². The van der Waals surface area contributed by atoms with Gasteiger partial charge in [0.15, 0.2) is 0 Å². The van der Waals surface area contributed by atoms with Gasteiger partial charge in [0.25, 0.3) is 0 Å². The Hall–Kier alpha value is -2.56. The van der Waals surface area contributed by atoms with Crippen molar-refractivity contribution in [1.29, 1.82) is 0 Å². The fourth-order valence-electron chi connectivity index (χ4n) is 4.25. The van der Waals surface area contributed by atoms with Crippen LogP contribution in [0.15, 0.2) is 54.7 Å². The molecule has 1 unspecified atom stereocenters. The fourth-order valence-corrected chi connectivity index (χ4v) is 5.41. The lowest BCUT2D eigenvalue weighted by Gasteiger charge is -2.34. The van der Waals surface area contributed by atoms with E-state index in [0.29, 0.717) is 45.8 Å². The molecule has 0 aliphatic carbocycles. The summed E-state index contributed by atoms with van der Waals surface area (Å²) in [6.07, 6.45) is 2.70. The molecule has 0 fully saturated rings. The van der Waals surface area contributed by atoms with E-state index in [0.717, 1.165) is 11.3 Å². The minimum Gasteiger partial charge on any atom is -0.361 e. The number of H-pyrrole nitrogens is 1. The van der Waals surface area contributed by atoms with Gasteiger partial charge in [0.2, 0.25) is 0 Å². The van der Waals surface area contributed by atoms with Gasteiger partial charge in [-0.05, 0) is 49.1 Å². The average molecular weight is 513 g/mol. The smallest absolute Gasteiger partial charge is 0.361 e. The Kier molecular flexibility index (Phi) is 6.93. The van der Waals surface area contributed by atoms with E-state index in [9.17, 15) is 21.6 Å². The number of anilines is 1. The largest absolute Gasteiger partial charge is 0.511 e. The molecule has 0 radical (unpaired) electrons. The molecule has 1 N–H and O–H groups in total. The Labute approximate surface area is 201 Å². The summed E-state index contributed by atoms with van der Waals surface area (Å²) in [7, 11) is -5.54. The summed E-state index contributed by atoms with van der Waals surface area (Å²) in [5.41, 5.74) is -2.54. The second kappa shape index (κ2) is 9.59. The predicted octanol–water partition coefficient (Wildman–Crippen LogP) is 5.04. The van der Waals surface area contributed by atoms with Crippen LogP contribution in [0.4, 0.5) is 18.9 Å². The Balaban J connectivity index is 1.77. The van der Waals surface area contributed by atoms with E-state index in [1.807, 2.05) is 42.2 Å². The van der Waals surface area contributed by atoms with Gasteiger partial charge in [-0.3, -0.25) is 0 Å². The second-order valence-corrected chi connectivity index (χ2v) is 10.7. The molecule has 0 saturated carbocycles. The monoisotopic (exact) mass is 512 g/mol. The SMILES string of the molecule is Cc1ncc(CN2c3ccc(Cl)cc3CN(S(=O)(=O)C(F)(F)F)CC2CCc2ccccc2)[nH]1. The van der Waals surface area contributed by atoms with Crippen molar-refractivity contribution in [2.75, 3.05) is 11.4 Å². The molecule has 2 heterocycles. The summed E-state index contributed by atoms with van der Waals surface area (Å²) < 4.78 is 66.1. The summed E-state index contributed by atoms with van der Waals surface area (Å²) in [5.74, 6) is 0.711. The first-order chi connectivity index (χ1) is 16.0. The number of hydrogen-bond donors (Lipinski definition) is 1. The normalized spacial score (nSPS) is 17.4. The molecule has 1 aliphatic rings. The van der Waals surface area contributed by atoms with Crippen LogP contribution in [0.5, 0.6) is 0 Å². The Bertz CT molecular complexity index is 1250. The lowest BCUT2D eigenvalue weighted by atomic mass is 10.0. The van der Waals surface area contributed by atoms with Crippen molar-refractivity contribution < 1.29 is 21.6 Å². The predicted molar refractivity (Wildman–Crippen MR) is 125 cm³/mol. The molecule has 0 saturated heterocycles. The van der Waals surface area contributed by atoms with Crippen molar-refractivity contribution in [1.82, 2.24) is 14.3 Å². The zero-order valence-electron chi connectivity index (χ0n) is 18.4. The van der Waals surface area contributed by atoms with Gasteiger partial charge < -0.3 is 9.88 Å². The number of sulfonamides is 1. The highest BCUT2D eigenvalue weighted by atomic mass is 35.5. The zero-order chi connectivity index (χ0) is 24.5. The first-order valence-electron chi connectivity index (χ1n) is 10.7. The number of benzene rings is 2. The van der Waals surface area contributed by atoms with Crippen molar-refractivity contribution in [3.8, 4) is 0 Å². The van der Waals surface area contributed by atoms with Gasteiger partial charge in [-0.1, -0.05) is 41.9 Å². The van der Waals surface area contributed by atoms with Crippen LogP contribution in [-0.2, 0) is 29.5 Å². The van der Waals surface area contributed by atoms with Crippen molar-refractivity contribution in [3.63, 3.8) is 0 Å². The number of fused-ring (bicyclic) bond motifs is 1. The van der Waals surface area contributed by atoms with Crippen LogP contribution in [0, 0.1) is 6.92 Å². The van der Waals surface area contributed by atoms with Gasteiger partial charge in [-0.2, -0.15) is 17.5 Å². The first kappa shape index (κ1) is 24.6. The molecule has 182 valence electrons. The maximum atomic E-state index is 13.5. The number of hydrogen-bond acceptors (Lipinski definition) is 4. The molecule has 6 nitrogen and oxygen atoms in total. The number of rotatable bonds is 6.